The Morgan fingerprint density at radius 3 is 2.62 bits per heavy atom. The predicted octanol–water partition coefficient (Wildman–Crippen LogP) is 2.74. The lowest BCUT2D eigenvalue weighted by atomic mass is 10.1. The van der Waals surface area contributed by atoms with Crippen LogP contribution in [-0.2, 0) is 10.0 Å². The van der Waals surface area contributed by atoms with Gasteiger partial charge in [0.1, 0.15) is 10.7 Å². The van der Waals surface area contributed by atoms with Crippen molar-refractivity contribution in [3.8, 4) is 0 Å². The molecular formula is C14H20BrFN2O2S. The van der Waals surface area contributed by atoms with Crippen molar-refractivity contribution in [3.63, 3.8) is 0 Å². The van der Waals surface area contributed by atoms with E-state index in [0.717, 1.165) is 25.9 Å². The van der Waals surface area contributed by atoms with Gasteiger partial charge in [0.25, 0.3) is 0 Å². The van der Waals surface area contributed by atoms with Gasteiger partial charge in [-0.15, -0.1) is 0 Å². The van der Waals surface area contributed by atoms with Gasteiger partial charge in [-0.2, -0.15) is 4.31 Å². The summed E-state index contributed by atoms with van der Waals surface area (Å²) in [6.07, 6.45) is 2.23. The normalized spacial score (nSPS) is 17.3. The number of nitrogens with zero attached hydrogens (tertiary/aromatic N) is 1. The number of sulfonamides is 1. The van der Waals surface area contributed by atoms with Crippen LogP contribution in [0.25, 0.3) is 0 Å². The van der Waals surface area contributed by atoms with E-state index < -0.39 is 15.8 Å². The Kier molecular flexibility index (Phi) is 5.76. The number of benzene rings is 1. The largest absolute Gasteiger partial charge is 0.317 e. The average Bonchev–Trinajstić information content (AvgIpc) is 2.45. The van der Waals surface area contributed by atoms with E-state index in [1.165, 1.54) is 16.4 Å². The van der Waals surface area contributed by atoms with Crippen molar-refractivity contribution in [2.45, 2.75) is 37.1 Å². The van der Waals surface area contributed by atoms with Gasteiger partial charge in [0.2, 0.25) is 10.0 Å². The first-order valence-corrected chi connectivity index (χ1v) is 9.37. The number of halogens is 2. The maximum Gasteiger partial charge on any atom is 0.246 e. The summed E-state index contributed by atoms with van der Waals surface area (Å²) in [4.78, 5) is -0.238. The quantitative estimate of drug-likeness (QED) is 0.856. The highest BCUT2D eigenvalue weighted by Gasteiger charge is 2.33. The van der Waals surface area contributed by atoms with Crippen molar-refractivity contribution in [2.75, 3.05) is 19.6 Å². The third kappa shape index (κ3) is 3.83. The third-order valence-electron chi connectivity index (χ3n) is 3.64. The summed E-state index contributed by atoms with van der Waals surface area (Å²) in [6, 6.07) is 4.03. The second kappa shape index (κ2) is 7.17. The Morgan fingerprint density at radius 2 is 2.05 bits per heavy atom. The van der Waals surface area contributed by atoms with Gasteiger partial charge in [-0.3, -0.25) is 0 Å². The van der Waals surface area contributed by atoms with Crippen LogP contribution in [0.5, 0.6) is 0 Å². The molecule has 1 N–H and O–H groups in total. The van der Waals surface area contributed by atoms with Gasteiger partial charge in [-0.1, -0.05) is 22.9 Å². The molecule has 0 atom stereocenters. The minimum atomic E-state index is -3.80. The molecule has 0 spiro atoms. The van der Waals surface area contributed by atoms with Crippen molar-refractivity contribution in [1.29, 1.82) is 0 Å². The summed E-state index contributed by atoms with van der Waals surface area (Å²) < 4.78 is 41.7. The first-order valence-electron chi connectivity index (χ1n) is 7.14. The molecule has 0 unspecified atom stereocenters. The van der Waals surface area contributed by atoms with Crippen LogP contribution < -0.4 is 5.32 Å². The zero-order chi connectivity index (χ0) is 15.5. The maximum atomic E-state index is 14.1. The van der Waals surface area contributed by atoms with Gasteiger partial charge in [-0.25, -0.2) is 12.8 Å². The molecule has 2 rings (SSSR count). The Balaban J connectivity index is 2.36. The van der Waals surface area contributed by atoms with Gasteiger partial charge in [-0.05, 0) is 50.6 Å². The summed E-state index contributed by atoms with van der Waals surface area (Å²) >= 11 is 3.15. The lowest BCUT2D eigenvalue weighted by molar-refractivity contribution is 0.261. The summed E-state index contributed by atoms with van der Waals surface area (Å²) in [7, 11) is -3.80. The highest BCUT2D eigenvalue weighted by molar-refractivity contribution is 9.10. The molecular weight excluding hydrogens is 359 g/mol. The van der Waals surface area contributed by atoms with Crippen LogP contribution in [0, 0.1) is 5.82 Å². The molecule has 118 valence electrons. The average molecular weight is 379 g/mol. The summed E-state index contributed by atoms with van der Waals surface area (Å²) in [5.41, 5.74) is 0. The summed E-state index contributed by atoms with van der Waals surface area (Å²) in [6.45, 7) is 3.94. The van der Waals surface area contributed by atoms with Crippen LogP contribution in [0.1, 0.15) is 26.2 Å². The number of piperidine rings is 1. The molecule has 1 aliphatic rings. The maximum absolute atomic E-state index is 14.1. The summed E-state index contributed by atoms with van der Waals surface area (Å²) in [5, 5.41) is 3.22. The molecule has 0 aromatic heterocycles. The van der Waals surface area contributed by atoms with Crippen LogP contribution in [0.2, 0.25) is 0 Å². The monoisotopic (exact) mass is 378 g/mol. The van der Waals surface area contributed by atoms with Gasteiger partial charge < -0.3 is 5.32 Å². The minimum Gasteiger partial charge on any atom is -0.317 e. The van der Waals surface area contributed by atoms with Crippen molar-refractivity contribution in [1.82, 2.24) is 9.62 Å². The van der Waals surface area contributed by atoms with Gasteiger partial charge in [0.05, 0.1) is 0 Å². The lowest BCUT2D eigenvalue weighted by Gasteiger charge is -2.33. The van der Waals surface area contributed by atoms with E-state index in [1.807, 2.05) is 6.92 Å². The van der Waals surface area contributed by atoms with E-state index in [0.29, 0.717) is 17.4 Å². The fourth-order valence-electron chi connectivity index (χ4n) is 2.62. The van der Waals surface area contributed by atoms with Crippen LogP contribution in [0.3, 0.4) is 0 Å². The molecule has 4 nitrogen and oxygen atoms in total. The molecule has 1 aliphatic heterocycles. The van der Waals surface area contributed by atoms with E-state index in [2.05, 4.69) is 21.2 Å². The van der Waals surface area contributed by atoms with E-state index in [1.54, 1.807) is 6.07 Å². The Hall–Kier alpha value is -0.500. The smallest absolute Gasteiger partial charge is 0.246 e. The molecule has 1 saturated heterocycles. The SMILES string of the molecule is CCCN(C1CCNCC1)S(=O)(=O)c1ccc(Br)cc1F. The second-order valence-electron chi connectivity index (χ2n) is 5.17. The van der Waals surface area contributed by atoms with Gasteiger partial charge in [0.15, 0.2) is 0 Å². The number of rotatable bonds is 5. The molecule has 1 aromatic carbocycles. The molecule has 0 radical (unpaired) electrons. The zero-order valence-corrected chi connectivity index (χ0v) is 14.4. The Bertz CT molecular complexity index is 589. The van der Waals surface area contributed by atoms with Crippen LogP contribution in [-0.4, -0.2) is 38.4 Å². The second-order valence-corrected chi connectivity index (χ2v) is 7.95. The fourth-order valence-corrected chi connectivity index (χ4v) is 4.78. The third-order valence-corrected chi connectivity index (χ3v) is 6.12. The van der Waals surface area contributed by atoms with Crippen LogP contribution >= 0.6 is 15.9 Å². The molecule has 7 heteroatoms. The topological polar surface area (TPSA) is 49.4 Å². The van der Waals surface area contributed by atoms with Gasteiger partial charge in [0, 0.05) is 17.1 Å². The van der Waals surface area contributed by atoms with E-state index in [9.17, 15) is 12.8 Å². The molecule has 1 heterocycles. The van der Waals surface area contributed by atoms with E-state index in [4.69, 9.17) is 0 Å². The van der Waals surface area contributed by atoms with E-state index >= 15 is 0 Å². The minimum absolute atomic E-state index is 0.0563. The van der Waals surface area contributed by atoms with Crippen molar-refractivity contribution in [3.05, 3.63) is 28.5 Å². The molecule has 1 aromatic rings. The van der Waals surface area contributed by atoms with Gasteiger partial charge >= 0.3 is 0 Å². The lowest BCUT2D eigenvalue weighted by Crippen LogP contribution is -2.46. The molecule has 0 amide bonds. The first kappa shape index (κ1) is 16.9. The zero-order valence-electron chi connectivity index (χ0n) is 12.0. The highest BCUT2D eigenvalue weighted by atomic mass is 79.9. The standard InChI is InChI=1S/C14H20BrFN2O2S/c1-2-9-18(12-5-7-17-8-6-12)21(19,20)14-4-3-11(15)10-13(14)16/h3-4,10,12,17H,2,5-9H2,1H3. The number of nitrogens with one attached hydrogen (secondary N) is 1. The highest BCUT2D eigenvalue weighted by Crippen LogP contribution is 2.26. The van der Waals surface area contributed by atoms with Crippen molar-refractivity contribution in [2.24, 2.45) is 0 Å². The van der Waals surface area contributed by atoms with Crippen molar-refractivity contribution < 1.29 is 12.8 Å². The van der Waals surface area contributed by atoms with Crippen molar-refractivity contribution >= 4 is 26.0 Å². The molecule has 0 bridgehead atoms. The van der Waals surface area contributed by atoms with Crippen LogP contribution in [0.4, 0.5) is 4.39 Å². The number of hydrogen-bond acceptors (Lipinski definition) is 3. The molecule has 21 heavy (non-hydrogen) atoms. The first-order chi connectivity index (χ1) is 9.96. The molecule has 1 fully saturated rings. The fraction of sp³-hybridized carbons (Fsp3) is 0.571. The molecule has 0 aliphatic carbocycles. The van der Waals surface area contributed by atoms with Crippen LogP contribution in [0.15, 0.2) is 27.6 Å². The number of hydrogen-bond donors (Lipinski definition) is 1. The summed E-state index contributed by atoms with van der Waals surface area (Å²) in [5.74, 6) is -0.709. The predicted molar refractivity (Wildman–Crippen MR) is 84.2 cm³/mol. The molecule has 0 saturated carbocycles. The Morgan fingerprint density at radius 1 is 1.38 bits per heavy atom. The van der Waals surface area contributed by atoms with E-state index in [-0.39, 0.29) is 10.9 Å². The Labute approximate surface area is 133 Å².